The second kappa shape index (κ2) is 3.82. The van der Waals surface area contributed by atoms with Crippen LogP contribution in [0.5, 0.6) is 5.75 Å². The third kappa shape index (κ3) is 2.24. The Hall–Kier alpha value is -0.980. The first kappa shape index (κ1) is 8.61. The highest BCUT2D eigenvalue weighted by Crippen LogP contribution is 2.34. The highest BCUT2D eigenvalue weighted by Gasteiger charge is 2.20. The fourth-order valence-electron chi connectivity index (χ4n) is 1.68. The van der Waals surface area contributed by atoms with Crippen molar-refractivity contribution >= 4 is 0 Å². The molecule has 0 bridgehead atoms. The number of aryl methyl sites for hydroxylation is 1. The molecule has 0 spiro atoms. The maximum Gasteiger partial charge on any atom is 0.122 e. The second-order valence-corrected chi connectivity index (χ2v) is 3.79. The third-order valence-electron chi connectivity index (χ3n) is 2.71. The molecule has 0 aliphatic heterocycles. The van der Waals surface area contributed by atoms with E-state index in [1.807, 2.05) is 12.1 Å². The predicted octanol–water partition coefficient (Wildman–Crippen LogP) is 3.04. The van der Waals surface area contributed by atoms with Gasteiger partial charge in [0.15, 0.2) is 0 Å². The molecule has 13 heavy (non-hydrogen) atoms. The molecule has 2 rings (SSSR count). The first-order chi connectivity index (χ1) is 6.40. The minimum absolute atomic E-state index is 1.00. The van der Waals surface area contributed by atoms with Gasteiger partial charge in [-0.3, -0.25) is 0 Å². The van der Waals surface area contributed by atoms with Gasteiger partial charge in [-0.2, -0.15) is 0 Å². The summed E-state index contributed by atoms with van der Waals surface area (Å²) < 4.78 is 5.30. The first-order valence-corrected chi connectivity index (χ1v) is 5.02. The highest BCUT2D eigenvalue weighted by atomic mass is 16.5. The van der Waals surface area contributed by atoms with Gasteiger partial charge in [0.1, 0.15) is 5.75 Å². The van der Waals surface area contributed by atoms with E-state index < -0.39 is 0 Å². The van der Waals surface area contributed by atoms with Gasteiger partial charge in [0.05, 0.1) is 7.11 Å². The van der Waals surface area contributed by atoms with Crippen LogP contribution >= 0.6 is 0 Å². The van der Waals surface area contributed by atoms with Crippen molar-refractivity contribution in [2.75, 3.05) is 7.11 Å². The molecule has 0 heterocycles. The van der Waals surface area contributed by atoms with Gasteiger partial charge >= 0.3 is 0 Å². The summed E-state index contributed by atoms with van der Waals surface area (Å²) in [6, 6.07) is 8.33. The van der Waals surface area contributed by atoms with E-state index in [0.717, 1.165) is 11.7 Å². The molecule has 0 saturated heterocycles. The molecule has 1 nitrogen and oxygen atoms in total. The lowest BCUT2D eigenvalue weighted by molar-refractivity contribution is 0.408. The van der Waals surface area contributed by atoms with Crippen LogP contribution in [0.3, 0.4) is 0 Å². The van der Waals surface area contributed by atoms with Gasteiger partial charge in [0.25, 0.3) is 0 Å². The van der Waals surface area contributed by atoms with Gasteiger partial charge < -0.3 is 4.74 Å². The Labute approximate surface area is 79.7 Å². The van der Waals surface area contributed by atoms with Gasteiger partial charge in [0.2, 0.25) is 0 Å². The largest absolute Gasteiger partial charge is 0.496 e. The Morgan fingerprint density at radius 2 is 2.08 bits per heavy atom. The number of para-hydroxylation sites is 1. The molecule has 70 valence electrons. The molecule has 1 aromatic rings. The van der Waals surface area contributed by atoms with E-state index in [-0.39, 0.29) is 0 Å². The van der Waals surface area contributed by atoms with Crippen molar-refractivity contribution in [1.82, 2.24) is 0 Å². The molecule has 1 aromatic carbocycles. The van der Waals surface area contributed by atoms with E-state index in [1.54, 1.807) is 7.11 Å². The van der Waals surface area contributed by atoms with E-state index in [1.165, 1.54) is 31.2 Å². The van der Waals surface area contributed by atoms with Gasteiger partial charge in [-0.05, 0) is 30.4 Å². The fourth-order valence-corrected chi connectivity index (χ4v) is 1.68. The Morgan fingerprint density at radius 3 is 2.77 bits per heavy atom. The van der Waals surface area contributed by atoms with E-state index in [0.29, 0.717) is 0 Å². The highest BCUT2D eigenvalue weighted by molar-refractivity contribution is 5.33. The summed E-state index contributed by atoms with van der Waals surface area (Å²) in [4.78, 5) is 0. The zero-order chi connectivity index (χ0) is 9.10. The van der Waals surface area contributed by atoms with Crippen LogP contribution in [-0.2, 0) is 6.42 Å². The zero-order valence-corrected chi connectivity index (χ0v) is 8.12. The standard InChI is InChI=1S/C12H16O/c1-13-12-5-3-2-4-11(12)9-8-10-6-7-10/h2-5,10H,6-9H2,1H3. The molecule has 1 aliphatic carbocycles. The van der Waals surface area contributed by atoms with Crippen LogP contribution in [0, 0.1) is 5.92 Å². The number of ether oxygens (including phenoxy) is 1. The predicted molar refractivity (Wildman–Crippen MR) is 54.0 cm³/mol. The Balaban J connectivity index is 1.99. The third-order valence-corrected chi connectivity index (χ3v) is 2.71. The number of methoxy groups -OCH3 is 1. The molecule has 0 unspecified atom stereocenters. The van der Waals surface area contributed by atoms with Gasteiger partial charge in [-0.15, -0.1) is 0 Å². The number of hydrogen-bond donors (Lipinski definition) is 0. The smallest absolute Gasteiger partial charge is 0.122 e. The average molecular weight is 176 g/mol. The molecule has 1 aliphatic rings. The molecule has 0 radical (unpaired) electrons. The normalized spacial score (nSPS) is 15.8. The molecule has 1 fully saturated rings. The summed E-state index contributed by atoms with van der Waals surface area (Å²) in [7, 11) is 1.75. The van der Waals surface area contributed by atoms with Crippen molar-refractivity contribution in [3.05, 3.63) is 29.8 Å². The maximum absolute atomic E-state index is 5.30. The topological polar surface area (TPSA) is 9.23 Å². The number of hydrogen-bond acceptors (Lipinski definition) is 1. The Bertz CT molecular complexity index is 276. The molecule has 0 atom stereocenters. The van der Waals surface area contributed by atoms with Crippen molar-refractivity contribution < 1.29 is 4.74 Å². The van der Waals surface area contributed by atoms with E-state index in [9.17, 15) is 0 Å². The summed E-state index contributed by atoms with van der Waals surface area (Å²) >= 11 is 0. The lowest BCUT2D eigenvalue weighted by Crippen LogP contribution is -1.92. The minimum Gasteiger partial charge on any atom is -0.496 e. The summed E-state index contributed by atoms with van der Waals surface area (Å²) in [6.45, 7) is 0. The average Bonchev–Trinajstić information content (AvgIpc) is 2.99. The molecule has 1 saturated carbocycles. The fraction of sp³-hybridized carbons (Fsp3) is 0.500. The molecule has 1 heteroatoms. The Kier molecular flexibility index (Phi) is 2.53. The minimum atomic E-state index is 1.00. The van der Waals surface area contributed by atoms with Crippen molar-refractivity contribution in [3.8, 4) is 5.75 Å². The van der Waals surface area contributed by atoms with Crippen LogP contribution in [0.15, 0.2) is 24.3 Å². The molecular weight excluding hydrogens is 160 g/mol. The summed E-state index contributed by atoms with van der Waals surface area (Å²) in [6.07, 6.45) is 5.39. The van der Waals surface area contributed by atoms with E-state index in [2.05, 4.69) is 12.1 Å². The summed E-state index contributed by atoms with van der Waals surface area (Å²) in [5.74, 6) is 2.05. The Morgan fingerprint density at radius 1 is 1.31 bits per heavy atom. The maximum atomic E-state index is 5.30. The van der Waals surface area contributed by atoms with Gasteiger partial charge in [0, 0.05) is 0 Å². The van der Waals surface area contributed by atoms with Crippen molar-refractivity contribution in [2.24, 2.45) is 5.92 Å². The quantitative estimate of drug-likeness (QED) is 0.685. The molecule has 0 N–H and O–H groups in total. The van der Waals surface area contributed by atoms with Crippen LogP contribution in [-0.4, -0.2) is 7.11 Å². The van der Waals surface area contributed by atoms with Crippen LogP contribution in [0.4, 0.5) is 0 Å². The molecule has 0 aromatic heterocycles. The molecule has 0 amide bonds. The lowest BCUT2D eigenvalue weighted by atomic mass is 10.1. The van der Waals surface area contributed by atoms with Crippen LogP contribution in [0.1, 0.15) is 24.8 Å². The van der Waals surface area contributed by atoms with Crippen molar-refractivity contribution in [1.29, 1.82) is 0 Å². The second-order valence-electron chi connectivity index (χ2n) is 3.79. The summed E-state index contributed by atoms with van der Waals surface area (Å²) in [5, 5.41) is 0. The van der Waals surface area contributed by atoms with Crippen molar-refractivity contribution in [2.45, 2.75) is 25.7 Å². The van der Waals surface area contributed by atoms with E-state index >= 15 is 0 Å². The van der Waals surface area contributed by atoms with Crippen molar-refractivity contribution in [3.63, 3.8) is 0 Å². The van der Waals surface area contributed by atoms with E-state index in [4.69, 9.17) is 4.74 Å². The van der Waals surface area contributed by atoms with Crippen LogP contribution < -0.4 is 4.74 Å². The van der Waals surface area contributed by atoms with Crippen LogP contribution in [0.2, 0.25) is 0 Å². The SMILES string of the molecule is COc1ccccc1CCC1CC1. The number of rotatable bonds is 4. The summed E-state index contributed by atoms with van der Waals surface area (Å²) in [5.41, 5.74) is 1.36. The number of benzene rings is 1. The first-order valence-electron chi connectivity index (χ1n) is 5.02. The van der Waals surface area contributed by atoms with Crippen LogP contribution in [0.25, 0.3) is 0 Å². The lowest BCUT2D eigenvalue weighted by Gasteiger charge is -2.06. The zero-order valence-electron chi connectivity index (χ0n) is 8.12. The monoisotopic (exact) mass is 176 g/mol. The van der Waals surface area contributed by atoms with Gasteiger partial charge in [-0.25, -0.2) is 0 Å². The van der Waals surface area contributed by atoms with Gasteiger partial charge in [-0.1, -0.05) is 31.0 Å². The molecular formula is C12H16O.